The van der Waals surface area contributed by atoms with Crippen molar-refractivity contribution >= 4 is 17.7 Å². The first-order valence-corrected chi connectivity index (χ1v) is 10.5. The maximum Gasteiger partial charge on any atom is 0.319 e. The molecule has 0 amide bonds. The Morgan fingerprint density at radius 2 is 1.86 bits per heavy atom. The SMILES string of the molecule is CCCC(Sc1nnc(-c2ccccc2F)n1-c1ccccc1C)C(=O)OCC. The van der Waals surface area contributed by atoms with Gasteiger partial charge in [-0.15, -0.1) is 10.2 Å². The van der Waals surface area contributed by atoms with Gasteiger partial charge in [-0.1, -0.05) is 55.4 Å². The lowest BCUT2D eigenvalue weighted by molar-refractivity contribution is -0.142. The van der Waals surface area contributed by atoms with Crippen LogP contribution < -0.4 is 0 Å². The zero-order valence-electron chi connectivity index (χ0n) is 16.8. The molecule has 29 heavy (non-hydrogen) atoms. The van der Waals surface area contributed by atoms with Crippen molar-refractivity contribution < 1.29 is 13.9 Å². The minimum atomic E-state index is -0.402. The summed E-state index contributed by atoms with van der Waals surface area (Å²) >= 11 is 1.31. The summed E-state index contributed by atoms with van der Waals surface area (Å²) in [6.07, 6.45) is 1.48. The highest BCUT2D eigenvalue weighted by atomic mass is 32.2. The molecule has 0 fully saturated rings. The Hall–Kier alpha value is -2.67. The normalized spacial score (nSPS) is 12.0. The highest BCUT2D eigenvalue weighted by Crippen LogP contribution is 2.33. The van der Waals surface area contributed by atoms with E-state index in [1.165, 1.54) is 17.8 Å². The van der Waals surface area contributed by atoms with Gasteiger partial charge in [0.15, 0.2) is 11.0 Å². The highest BCUT2D eigenvalue weighted by molar-refractivity contribution is 8.00. The third-order valence-corrected chi connectivity index (χ3v) is 5.64. The van der Waals surface area contributed by atoms with E-state index in [1.807, 2.05) is 42.7 Å². The molecule has 5 nitrogen and oxygen atoms in total. The second-order valence-electron chi connectivity index (χ2n) is 6.56. The molecule has 0 aliphatic heterocycles. The fraction of sp³-hybridized carbons (Fsp3) is 0.318. The minimum Gasteiger partial charge on any atom is -0.465 e. The Balaban J connectivity index is 2.12. The van der Waals surface area contributed by atoms with Crippen LogP contribution in [0.25, 0.3) is 17.1 Å². The molecule has 0 aliphatic rings. The minimum absolute atomic E-state index is 0.272. The van der Waals surface area contributed by atoms with Crippen molar-refractivity contribution in [3.05, 3.63) is 59.9 Å². The van der Waals surface area contributed by atoms with Crippen LogP contribution in [0.4, 0.5) is 4.39 Å². The van der Waals surface area contributed by atoms with E-state index in [9.17, 15) is 9.18 Å². The van der Waals surface area contributed by atoms with Gasteiger partial charge in [-0.3, -0.25) is 9.36 Å². The zero-order chi connectivity index (χ0) is 20.8. The average Bonchev–Trinajstić information content (AvgIpc) is 3.11. The first kappa shape index (κ1) is 21.0. The van der Waals surface area contributed by atoms with Gasteiger partial charge in [0.2, 0.25) is 0 Å². The van der Waals surface area contributed by atoms with Gasteiger partial charge in [0.05, 0.1) is 17.9 Å². The summed E-state index contributed by atoms with van der Waals surface area (Å²) in [5.74, 6) is -0.244. The summed E-state index contributed by atoms with van der Waals surface area (Å²) in [6, 6.07) is 14.3. The number of carbonyl (C=O) groups excluding carboxylic acids is 1. The number of ether oxygens (including phenoxy) is 1. The molecular formula is C22H24FN3O2S. The van der Waals surface area contributed by atoms with Crippen LogP contribution in [-0.2, 0) is 9.53 Å². The molecule has 1 unspecified atom stereocenters. The molecule has 0 bridgehead atoms. The van der Waals surface area contributed by atoms with Gasteiger partial charge in [0.25, 0.3) is 0 Å². The standard InChI is InChI=1S/C22H24FN3O2S/c1-4-10-19(21(27)28-5-2)29-22-25-24-20(16-12-7-8-13-17(16)23)26(22)18-14-9-6-11-15(18)3/h6-9,11-14,19H,4-5,10H2,1-3H3. The molecular weight excluding hydrogens is 389 g/mol. The summed E-state index contributed by atoms with van der Waals surface area (Å²) in [5.41, 5.74) is 2.20. The number of hydrogen-bond acceptors (Lipinski definition) is 5. The second kappa shape index (κ2) is 9.69. The smallest absolute Gasteiger partial charge is 0.319 e. The van der Waals surface area contributed by atoms with Crippen molar-refractivity contribution in [2.24, 2.45) is 0 Å². The van der Waals surface area contributed by atoms with Gasteiger partial charge in [-0.25, -0.2) is 4.39 Å². The van der Waals surface area contributed by atoms with Crippen LogP contribution in [0.2, 0.25) is 0 Å². The molecule has 1 aromatic heterocycles. The van der Waals surface area contributed by atoms with E-state index in [2.05, 4.69) is 10.2 Å². The quantitative estimate of drug-likeness (QED) is 0.375. The van der Waals surface area contributed by atoms with E-state index < -0.39 is 5.25 Å². The summed E-state index contributed by atoms with van der Waals surface area (Å²) < 4.78 is 21.6. The molecule has 0 saturated carbocycles. The van der Waals surface area contributed by atoms with Crippen molar-refractivity contribution in [1.82, 2.24) is 14.8 Å². The maximum absolute atomic E-state index is 14.5. The van der Waals surface area contributed by atoms with Crippen LogP contribution in [0.3, 0.4) is 0 Å². The first-order chi connectivity index (χ1) is 14.1. The average molecular weight is 414 g/mol. The van der Waals surface area contributed by atoms with Crippen molar-refractivity contribution in [3.8, 4) is 17.1 Å². The molecule has 0 radical (unpaired) electrons. The van der Waals surface area contributed by atoms with Gasteiger partial charge in [0.1, 0.15) is 11.1 Å². The van der Waals surface area contributed by atoms with Gasteiger partial charge < -0.3 is 4.74 Å². The van der Waals surface area contributed by atoms with E-state index >= 15 is 0 Å². The fourth-order valence-corrected chi connectivity index (χ4v) is 4.19. The lowest BCUT2D eigenvalue weighted by atomic mass is 10.1. The van der Waals surface area contributed by atoms with Crippen LogP contribution in [0.5, 0.6) is 0 Å². The van der Waals surface area contributed by atoms with Crippen molar-refractivity contribution in [2.45, 2.75) is 44.0 Å². The first-order valence-electron chi connectivity index (χ1n) is 9.66. The number of thioether (sulfide) groups is 1. The molecule has 152 valence electrons. The number of carbonyl (C=O) groups is 1. The molecule has 0 N–H and O–H groups in total. The number of aromatic nitrogens is 3. The van der Waals surface area contributed by atoms with E-state index in [1.54, 1.807) is 25.1 Å². The Morgan fingerprint density at radius 3 is 2.55 bits per heavy atom. The topological polar surface area (TPSA) is 57.0 Å². The number of nitrogens with zero attached hydrogens (tertiary/aromatic N) is 3. The van der Waals surface area contributed by atoms with Crippen LogP contribution in [-0.4, -0.2) is 32.6 Å². The molecule has 0 aliphatic carbocycles. The zero-order valence-corrected chi connectivity index (χ0v) is 17.6. The predicted octanol–water partition coefficient (Wildman–Crippen LogP) is 5.21. The Bertz CT molecular complexity index is 990. The number of aryl methyl sites for hydroxylation is 1. The summed E-state index contributed by atoms with van der Waals surface area (Å²) in [7, 11) is 0. The van der Waals surface area contributed by atoms with Gasteiger partial charge in [-0.2, -0.15) is 0 Å². The largest absolute Gasteiger partial charge is 0.465 e. The second-order valence-corrected chi connectivity index (χ2v) is 7.73. The van der Waals surface area contributed by atoms with Crippen LogP contribution >= 0.6 is 11.8 Å². The molecule has 3 aromatic rings. The summed E-state index contributed by atoms with van der Waals surface area (Å²) in [6.45, 7) is 6.11. The van der Waals surface area contributed by atoms with E-state index in [0.29, 0.717) is 29.6 Å². The number of rotatable bonds is 8. The lowest BCUT2D eigenvalue weighted by Crippen LogP contribution is -2.21. The molecule has 7 heteroatoms. The molecule has 0 saturated heterocycles. The van der Waals surface area contributed by atoms with Crippen molar-refractivity contribution in [3.63, 3.8) is 0 Å². The van der Waals surface area contributed by atoms with Gasteiger partial charge in [-0.05, 0) is 44.0 Å². The van der Waals surface area contributed by atoms with Crippen LogP contribution in [0.15, 0.2) is 53.7 Å². The lowest BCUT2D eigenvalue weighted by Gasteiger charge is -2.16. The molecule has 3 rings (SSSR count). The summed E-state index contributed by atoms with van der Waals surface area (Å²) in [4.78, 5) is 12.4. The van der Waals surface area contributed by atoms with Crippen molar-refractivity contribution in [2.75, 3.05) is 6.61 Å². The maximum atomic E-state index is 14.5. The fourth-order valence-electron chi connectivity index (χ4n) is 3.04. The predicted molar refractivity (Wildman–Crippen MR) is 113 cm³/mol. The number of benzene rings is 2. The molecule has 1 heterocycles. The monoisotopic (exact) mass is 413 g/mol. The Kier molecular flexibility index (Phi) is 7.04. The van der Waals surface area contributed by atoms with Crippen molar-refractivity contribution in [1.29, 1.82) is 0 Å². The Morgan fingerprint density at radius 1 is 1.14 bits per heavy atom. The molecule has 0 spiro atoms. The van der Waals surface area contributed by atoms with Crippen LogP contribution in [0, 0.1) is 12.7 Å². The Labute approximate surface area is 174 Å². The number of esters is 1. The van der Waals surface area contributed by atoms with E-state index in [4.69, 9.17) is 4.74 Å². The number of halogens is 1. The third-order valence-electron chi connectivity index (χ3n) is 4.45. The molecule has 1 atom stereocenters. The van der Waals surface area contributed by atoms with E-state index in [0.717, 1.165) is 17.7 Å². The van der Waals surface area contributed by atoms with Crippen LogP contribution in [0.1, 0.15) is 32.3 Å². The summed E-state index contributed by atoms with van der Waals surface area (Å²) in [5, 5.41) is 8.73. The highest BCUT2D eigenvalue weighted by Gasteiger charge is 2.26. The third kappa shape index (κ3) is 4.67. The van der Waals surface area contributed by atoms with E-state index in [-0.39, 0.29) is 11.8 Å². The van der Waals surface area contributed by atoms with Gasteiger partial charge in [0, 0.05) is 0 Å². The molecule has 2 aromatic carbocycles. The number of para-hydroxylation sites is 1. The number of hydrogen-bond donors (Lipinski definition) is 0. The van der Waals surface area contributed by atoms with Gasteiger partial charge >= 0.3 is 5.97 Å².